The first-order valence-corrected chi connectivity index (χ1v) is 10.9. The van der Waals surface area contributed by atoms with Crippen molar-refractivity contribution in [2.75, 3.05) is 11.5 Å². The van der Waals surface area contributed by atoms with Gasteiger partial charge in [-0.1, -0.05) is 12.1 Å². The molecule has 2 bridgehead atoms. The maximum absolute atomic E-state index is 13.0. The van der Waals surface area contributed by atoms with E-state index >= 15 is 0 Å². The Morgan fingerprint density at radius 1 is 0.810 bits per heavy atom. The molecule has 3 nitrogen and oxygen atoms in total. The lowest BCUT2D eigenvalue weighted by atomic mass is 10.3. The first-order chi connectivity index (χ1) is 10.2. The van der Waals surface area contributed by atoms with E-state index in [0.717, 1.165) is 4.90 Å². The molecule has 0 N–H and O–H groups in total. The molecule has 4 rings (SSSR count). The normalized spacial score (nSPS) is 26.6. The molecule has 2 aromatic carbocycles. The van der Waals surface area contributed by atoms with Crippen LogP contribution in [-0.2, 0) is 32.4 Å². The van der Waals surface area contributed by atoms with Gasteiger partial charge in [-0.3, -0.25) is 4.21 Å². The molecule has 0 saturated carbocycles. The predicted molar refractivity (Wildman–Crippen MR) is 84.2 cm³/mol. The molecule has 2 aliphatic heterocycles. The summed E-state index contributed by atoms with van der Waals surface area (Å²) in [5.74, 6) is 1.20. The molecule has 2 aromatic rings. The highest BCUT2D eigenvalue weighted by Crippen LogP contribution is 2.43. The van der Waals surface area contributed by atoms with Gasteiger partial charge in [0.15, 0.2) is 0 Å². The van der Waals surface area contributed by atoms with Crippen LogP contribution in [0.2, 0.25) is 0 Å². The van der Waals surface area contributed by atoms with Crippen LogP contribution in [0.4, 0.5) is 0 Å². The maximum atomic E-state index is 13.0. The minimum absolute atomic E-state index is 0.497. The molecule has 0 radical (unpaired) electrons. The van der Waals surface area contributed by atoms with E-state index in [1.807, 2.05) is 12.1 Å². The van der Waals surface area contributed by atoms with E-state index in [0.29, 0.717) is 36.0 Å². The summed E-state index contributed by atoms with van der Waals surface area (Å²) in [5, 5.41) is 0. The van der Waals surface area contributed by atoms with Gasteiger partial charge in [-0.2, -0.15) is 0 Å². The third-order valence-corrected chi connectivity index (χ3v) is 9.77. The van der Waals surface area contributed by atoms with Gasteiger partial charge in [0.1, 0.15) is 0 Å². The second-order valence-electron chi connectivity index (χ2n) is 4.60. The lowest BCUT2D eigenvalue weighted by molar-refractivity contribution is 0.658. The Labute approximate surface area is 133 Å². The molecule has 2 heterocycles. The zero-order chi connectivity index (χ0) is 14.6. The largest absolute Gasteiger partial charge is 0.254 e. The highest BCUT2D eigenvalue weighted by molar-refractivity contribution is 8.01. The smallest absolute Gasteiger partial charge is 0.0898 e. The molecule has 3 unspecified atom stereocenters. The standard InChI is InChI=1S/C14H10O3S4/c15-19-8-7-18-9-3-1-5-11-13(9)21(17)14-10(19)4-2-6-12(14)20(11)16/h1-6H,7-8H2. The van der Waals surface area contributed by atoms with Crippen LogP contribution < -0.4 is 0 Å². The van der Waals surface area contributed by atoms with E-state index in [1.54, 1.807) is 24.3 Å². The summed E-state index contributed by atoms with van der Waals surface area (Å²) in [6.07, 6.45) is 0. The van der Waals surface area contributed by atoms with Crippen LogP contribution in [0.15, 0.2) is 65.8 Å². The Morgan fingerprint density at radius 3 is 2.29 bits per heavy atom. The van der Waals surface area contributed by atoms with E-state index in [4.69, 9.17) is 0 Å². The summed E-state index contributed by atoms with van der Waals surface area (Å²) < 4.78 is 38.3. The molecule has 108 valence electrons. The maximum Gasteiger partial charge on any atom is 0.0898 e. The summed E-state index contributed by atoms with van der Waals surface area (Å²) >= 11 is 1.54. The van der Waals surface area contributed by atoms with Crippen molar-refractivity contribution >= 4 is 44.2 Å². The zero-order valence-corrected chi connectivity index (χ0v) is 14.0. The zero-order valence-electron chi connectivity index (χ0n) is 10.7. The Morgan fingerprint density at radius 2 is 1.48 bits per heavy atom. The highest BCUT2D eigenvalue weighted by Gasteiger charge is 2.34. The molecule has 21 heavy (non-hydrogen) atoms. The first-order valence-electron chi connectivity index (χ1n) is 6.29. The molecule has 0 spiro atoms. The molecule has 0 aliphatic carbocycles. The number of rotatable bonds is 0. The van der Waals surface area contributed by atoms with Crippen molar-refractivity contribution in [3.8, 4) is 0 Å². The van der Waals surface area contributed by atoms with Gasteiger partial charge in [-0.15, -0.1) is 11.8 Å². The van der Waals surface area contributed by atoms with Crippen molar-refractivity contribution in [3.63, 3.8) is 0 Å². The average Bonchev–Trinajstić information content (AvgIpc) is 2.55. The van der Waals surface area contributed by atoms with Gasteiger partial charge < -0.3 is 0 Å². The van der Waals surface area contributed by atoms with Crippen LogP contribution in [0.1, 0.15) is 0 Å². The van der Waals surface area contributed by atoms with Gasteiger partial charge in [0.05, 0.1) is 56.9 Å². The van der Waals surface area contributed by atoms with E-state index < -0.39 is 32.4 Å². The van der Waals surface area contributed by atoms with Crippen LogP contribution in [0, 0.1) is 0 Å². The van der Waals surface area contributed by atoms with Gasteiger partial charge in [-0.25, -0.2) is 8.42 Å². The third-order valence-electron chi connectivity index (χ3n) is 3.43. The van der Waals surface area contributed by atoms with Crippen molar-refractivity contribution in [2.24, 2.45) is 0 Å². The molecule has 0 aromatic heterocycles. The highest BCUT2D eigenvalue weighted by atomic mass is 32.2. The van der Waals surface area contributed by atoms with E-state index in [9.17, 15) is 12.6 Å². The van der Waals surface area contributed by atoms with Crippen molar-refractivity contribution in [2.45, 2.75) is 29.4 Å². The van der Waals surface area contributed by atoms with Crippen molar-refractivity contribution in [1.29, 1.82) is 0 Å². The SMILES string of the molecule is O=S1CCSc2cccc3c2S(=O)c2c1cccc2S3=O. The lowest BCUT2D eigenvalue weighted by Gasteiger charge is -2.21. The summed E-state index contributed by atoms with van der Waals surface area (Å²) in [6, 6.07) is 10.7. The molecule has 2 aliphatic rings. The average molecular weight is 354 g/mol. The van der Waals surface area contributed by atoms with Crippen LogP contribution in [0.25, 0.3) is 0 Å². The molecule has 0 fully saturated rings. The molecule has 7 heteroatoms. The van der Waals surface area contributed by atoms with Crippen LogP contribution in [0.3, 0.4) is 0 Å². The number of benzene rings is 2. The predicted octanol–water partition coefficient (Wildman–Crippen LogP) is 2.55. The van der Waals surface area contributed by atoms with Crippen molar-refractivity contribution in [1.82, 2.24) is 0 Å². The van der Waals surface area contributed by atoms with Gasteiger partial charge >= 0.3 is 0 Å². The van der Waals surface area contributed by atoms with Crippen LogP contribution in [-0.4, -0.2) is 24.1 Å². The second kappa shape index (κ2) is 5.15. The minimum atomic E-state index is -1.42. The number of hydrogen-bond donors (Lipinski definition) is 0. The van der Waals surface area contributed by atoms with Gasteiger partial charge in [0.25, 0.3) is 0 Å². The molecular formula is C14H10O3S4. The van der Waals surface area contributed by atoms with Crippen molar-refractivity contribution < 1.29 is 12.6 Å². The van der Waals surface area contributed by atoms with E-state index in [1.165, 1.54) is 11.8 Å². The van der Waals surface area contributed by atoms with Gasteiger partial charge in [0.2, 0.25) is 0 Å². The minimum Gasteiger partial charge on any atom is -0.254 e. The number of thioether (sulfide) groups is 1. The fourth-order valence-electron chi connectivity index (χ4n) is 2.50. The van der Waals surface area contributed by atoms with Crippen LogP contribution in [0.5, 0.6) is 0 Å². The quantitative estimate of drug-likeness (QED) is 0.623. The molecule has 0 amide bonds. The lowest BCUT2D eigenvalue weighted by Crippen LogP contribution is -2.14. The van der Waals surface area contributed by atoms with E-state index in [-0.39, 0.29) is 0 Å². The van der Waals surface area contributed by atoms with E-state index in [2.05, 4.69) is 0 Å². The van der Waals surface area contributed by atoms with Crippen LogP contribution >= 0.6 is 11.8 Å². The Hall–Kier alpha value is -0.760. The number of hydrogen-bond acceptors (Lipinski definition) is 4. The summed E-state index contributed by atoms with van der Waals surface area (Å²) in [6.45, 7) is 0. The van der Waals surface area contributed by atoms with Crippen molar-refractivity contribution in [3.05, 3.63) is 36.4 Å². The Balaban J connectivity index is 2.15. The first kappa shape index (κ1) is 13.9. The Kier molecular flexibility index (Phi) is 3.40. The fourth-order valence-corrected chi connectivity index (χ4v) is 9.19. The summed E-state index contributed by atoms with van der Waals surface area (Å²) in [4.78, 5) is 3.75. The molecule has 3 atom stereocenters. The summed E-state index contributed by atoms with van der Waals surface area (Å²) in [7, 11) is -3.99. The topological polar surface area (TPSA) is 51.2 Å². The fraction of sp³-hybridized carbons (Fsp3) is 0.143. The Bertz CT molecular complexity index is 844. The third kappa shape index (κ3) is 2.02. The summed E-state index contributed by atoms with van der Waals surface area (Å²) in [5.41, 5.74) is 0. The monoisotopic (exact) mass is 354 g/mol. The molecule has 0 saturated heterocycles. The van der Waals surface area contributed by atoms with Gasteiger partial charge in [-0.05, 0) is 24.3 Å². The van der Waals surface area contributed by atoms with Gasteiger partial charge in [0, 0.05) is 16.4 Å². The second-order valence-corrected chi connectivity index (χ2v) is 10.0. The molecular weight excluding hydrogens is 344 g/mol.